The second kappa shape index (κ2) is 4.20. The smallest absolute Gasteiger partial charge is 0.306 e. The zero-order chi connectivity index (χ0) is 12.1. The van der Waals surface area contributed by atoms with Crippen molar-refractivity contribution < 1.29 is 19.0 Å². The van der Waals surface area contributed by atoms with Crippen molar-refractivity contribution in [3.05, 3.63) is 0 Å². The summed E-state index contributed by atoms with van der Waals surface area (Å²) in [6, 6.07) is 0. The number of carbonyl (C=O) groups is 1. The van der Waals surface area contributed by atoms with Gasteiger partial charge in [-0.1, -0.05) is 0 Å². The van der Waals surface area contributed by atoms with Crippen LogP contribution in [0.2, 0.25) is 0 Å². The first-order valence-corrected chi connectivity index (χ1v) is 7.28. The quantitative estimate of drug-likeness (QED) is 0.568. The molecule has 100 valence electrons. The summed E-state index contributed by atoms with van der Waals surface area (Å²) in [5.74, 6) is 0.470. The van der Waals surface area contributed by atoms with Crippen LogP contribution in [0, 0.1) is 5.92 Å². The number of hydrogen-bond donors (Lipinski definition) is 0. The molecule has 0 bridgehead atoms. The molecule has 0 spiro atoms. The van der Waals surface area contributed by atoms with Crippen LogP contribution >= 0.6 is 0 Å². The van der Waals surface area contributed by atoms with E-state index in [4.69, 9.17) is 14.2 Å². The Kier molecular flexibility index (Phi) is 2.62. The number of fused-ring (bicyclic) bond motifs is 2. The molecular weight excluding hydrogens is 232 g/mol. The molecule has 2 heterocycles. The largest absolute Gasteiger partial charge is 0.462 e. The Morgan fingerprint density at radius 3 is 2.39 bits per heavy atom. The molecule has 0 unspecified atom stereocenters. The highest BCUT2D eigenvalue weighted by atomic mass is 16.6. The lowest BCUT2D eigenvalue weighted by Crippen LogP contribution is -2.26. The van der Waals surface area contributed by atoms with Crippen molar-refractivity contribution in [1.82, 2.24) is 0 Å². The molecule has 4 aliphatic rings. The van der Waals surface area contributed by atoms with E-state index in [0.717, 1.165) is 38.5 Å². The second-order valence-electron chi connectivity index (χ2n) is 6.23. The zero-order valence-electron chi connectivity index (χ0n) is 10.5. The Bertz CT molecular complexity index is 324. The van der Waals surface area contributed by atoms with Crippen LogP contribution in [0.1, 0.15) is 44.9 Å². The first kappa shape index (κ1) is 11.2. The Hall–Kier alpha value is -0.610. The summed E-state index contributed by atoms with van der Waals surface area (Å²) in [6.45, 7) is 0. The Balaban J connectivity index is 1.23. The van der Waals surface area contributed by atoms with Crippen LogP contribution in [0.15, 0.2) is 0 Å². The van der Waals surface area contributed by atoms with Gasteiger partial charge in [0.25, 0.3) is 0 Å². The number of rotatable bonds is 3. The van der Waals surface area contributed by atoms with E-state index >= 15 is 0 Å². The SMILES string of the molecule is O=C(C[C@@H]1CC[C@@H]2O[C@@H]2C1)O[C@@H]1CC[C@@H]2O[C@H]2C1. The van der Waals surface area contributed by atoms with Crippen LogP contribution < -0.4 is 0 Å². The summed E-state index contributed by atoms with van der Waals surface area (Å²) in [6.07, 6.45) is 8.76. The van der Waals surface area contributed by atoms with Gasteiger partial charge in [0.2, 0.25) is 0 Å². The third-order valence-electron chi connectivity index (χ3n) is 4.82. The highest BCUT2D eigenvalue weighted by Gasteiger charge is 2.46. The lowest BCUT2D eigenvalue weighted by atomic mass is 9.87. The minimum Gasteiger partial charge on any atom is -0.462 e. The number of ether oxygens (including phenoxy) is 3. The third-order valence-corrected chi connectivity index (χ3v) is 4.82. The molecule has 0 aromatic heterocycles. The number of epoxide rings is 2. The standard InChI is InChI=1S/C14H20O4/c15-14(6-8-1-3-10-12(5-8)17-10)16-9-2-4-11-13(7-9)18-11/h8-13H,1-7H2/t8-,9-,10+,11+,12-,13+/m1/s1. The molecule has 2 saturated heterocycles. The monoisotopic (exact) mass is 252 g/mol. The number of esters is 1. The summed E-state index contributed by atoms with van der Waals surface area (Å²) < 4.78 is 16.5. The van der Waals surface area contributed by atoms with Crippen molar-refractivity contribution in [2.75, 3.05) is 0 Å². The predicted octanol–water partition coefficient (Wildman–Crippen LogP) is 1.81. The zero-order valence-corrected chi connectivity index (χ0v) is 10.5. The summed E-state index contributed by atoms with van der Waals surface area (Å²) >= 11 is 0. The fraction of sp³-hybridized carbons (Fsp3) is 0.929. The minimum absolute atomic E-state index is 0.0109. The third kappa shape index (κ3) is 2.28. The van der Waals surface area contributed by atoms with Gasteiger partial charge in [-0.15, -0.1) is 0 Å². The van der Waals surface area contributed by atoms with Crippen LogP contribution in [0.5, 0.6) is 0 Å². The molecule has 4 rings (SSSR count). The normalized spacial score (nSPS) is 48.9. The van der Waals surface area contributed by atoms with Crippen LogP contribution in [0.3, 0.4) is 0 Å². The Morgan fingerprint density at radius 1 is 0.944 bits per heavy atom. The van der Waals surface area contributed by atoms with Crippen molar-refractivity contribution in [3.8, 4) is 0 Å². The van der Waals surface area contributed by atoms with Crippen LogP contribution in [-0.2, 0) is 19.0 Å². The van der Waals surface area contributed by atoms with Gasteiger partial charge in [0.05, 0.1) is 24.4 Å². The summed E-state index contributed by atoms with van der Waals surface area (Å²) in [7, 11) is 0. The molecule has 0 aromatic rings. The lowest BCUT2D eigenvalue weighted by molar-refractivity contribution is -0.151. The van der Waals surface area contributed by atoms with Gasteiger partial charge in [-0.25, -0.2) is 0 Å². The molecule has 0 aromatic carbocycles. The summed E-state index contributed by atoms with van der Waals surface area (Å²) in [5.41, 5.74) is 0. The van der Waals surface area contributed by atoms with Crippen LogP contribution in [0.4, 0.5) is 0 Å². The maximum atomic E-state index is 11.9. The van der Waals surface area contributed by atoms with E-state index in [2.05, 4.69) is 0 Å². The van der Waals surface area contributed by atoms with E-state index in [1.807, 2.05) is 0 Å². The molecule has 0 amide bonds. The molecular formula is C14H20O4. The predicted molar refractivity (Wildman–Crippen MR) is 63.0 cm³/mol. The second-order valence-corrected chi connectivity index (χ2v) is 6.23. The van der Waals surface area contributed by atoms with Gasteiger partial charge >= 0.3 is 5.97 Å². The Morgan fingerprint density at radius 2 is 1.67 bits per heavy atom. The maximum absolute atomic E-state index is 11.9. The Labute approximate surface area is 107 Å². The lowest BCUT2D eigenvalue weighted by Gasteiger charge is -2.22. The van der Waals surface area contributed by atoms with E-state index < -0.39 is 0 Å². The van der Waals surface area contributed by atoms with E-state index in [1.54, 1.807) is 0 Å². The van der Waals surface area contributed by atoms with Gasteiger partial charge < -0.3 is 14.2 Å². The van der Waals surface area contributed by atoms with Gasteiger partial charge in [-0.2, -0.15) is 0 Å². The van der Waals surface area contributed by atoms with E-state index in [1.165, 1.54) is 0 Å². The molecule has 4 heteroatoms. The minimum atomic E-state index is -0.0109. The number of carbonyl (C=O) groups excluding carboxylic acids is 1. The molecule has 2 aliphatic heterocycles. The topological polar surface area (TPSA) is 51.4 Å². The maximum Gasteiger partial charge on any atom is 0.306 e. The fourth-order valence-corrected chi connectivity index (χ4v) is 3.62. The molecule has 6 atom stereocenters. The van der Waals surface area contributed by atoms with Gasteiger partial charge in [0, 0.05) is 12.8 Å². The average Bonchev–Trinajstić information content (AvgIpc) is 3.22. The summed E-state index contributed by atoms with van der Waals surface area (Å²) in [4.78, 5) is 11.9. The van der Waals surface area contributed by atoms with E-state index in [0.29, 0.717) is 36.8 Å². The molecule has 0 N–H and O–H groups in total. The van der Waals surface area contributed by atoms with Crippen molar-refractivity contribution in [3.63, 3.8) is 0 Å². The first-order valence-electron chi connectivity index (χ1n) is 7.28. The molecule has 0 radical (unpaired) electrons. The van der Waals surface area contributed by atoms with E-state index in [9.17, 15) is 4.79 Å². The fourth-order valence-electron chi connectivity index (χ4n) is 3.62. The highest BCUT2D eigenvalue weighted by Crippen LogP contribution is 2.41. The molecule has 2 saturated carbocycles. The highest BCUT2D eigenvalue weighted by molar-refractivity contribution is 5.70. The van der Waals surface area contributed by atoms with Gasteiger partial charge in [-0.05, 0) is 38.0 Å². The summed E-state index contributed by atoms with van der Waals surface area (Å²) in [5, 5.41) is 0. The number of hydrogen-bond acceptors (Lipinski definition) is 4. The van der Waals surface area contributed by atoms with Crippen molar-refractivity contribution in [1.29, 1.82) is 0 Å². The molecule has 4 fully saturated rings. The average molecular weight is 252 g/mol. The van der Waals surface area contributed by atoms with Crippen LogP contribution in [0.25, 0.3) is 0 Å². The van der Waals surface area contributed by atoms with Gasteiger partial charge in [0.15, 0.2) is 0 Å². The van der Waals surface area contributed by atoms with Crippen molar-refractivity contribution in [2.45, 2.75) is 75.5 Å². The van der Waals surface area contributed by atoms with Gasteiger partial charge in [0.1, 0.15) is 6.10 Å². The first-order chi connectivity index (χ1) is 8.78. The van der Waals surface area contributed by atoms with Gasteiger partial charge in [-0.3, -0.25) is 4.79 Å². The van der Waals surface area contributed by atoms with E-state index in [-0.39, 0.29) is 12.1 Å². The molecule has 4 nitrogen and oxygen atoms in total. The molecule has 2 aliphatic carbocycles. The molecule has 18 heavy (non-hydrogen) atoms. The van der Waals surface area contributed by atoms with Crippen LogP contribution in [-0.4, -0.2) is 36.5 Å². The van der Waals surface area contributed by atoms with Crippen molar-refractivity contribution in [2.24, 2.45) is 5.92 Å². The van der Waals surface area contributed by atoms with Crippen molar-refractivity contribution >= 4 is 5.97 Å².